The van der Waals surface area contributed by atoms with Crippen LogP contribution in [-0.2, 0) is 0 Å². The van der Waals surface area contributed by atoms with Gasteiger partial charge < -0.3 is 8.98 Å². The van der Waals surface area contributed by atoms with E-state index in [1.165, 1.54) is 5.56 Å². The van der Waals surface area contributed by atoms with Crippen LogP contribution in [-0.4, -0.2) is 9.55 Å². The topological polar surface area (TPSA) is 31.0 Å². The highest BCUT2D eigenvalue weighted by atomic mass is 79.9. The molecule has 3 nitrogen and oxygen atoms in total. The summed E-state index contributed by atoms with van der Waals surface area (Å²) in [4.78, 5) is 4.68. The van der Waals surface area contributed by atoms with Gasteiger partial charge in [0.05, 0.1) is 0 Å². The van der Waals surface area contributed by atoms with Crippen LogP contribution >= 0.6 is 15.9 Å². The van der Waals surface area contributed by atoms with Crippen molar-refractivity contribution in [3.8, 4) is 17.1 Å². The van der Waals surface area contributed by atoms with Gasteiger partial charge in [-0.2, -0.15) is 0 Å². The second kappa shape index (κ2) is 5.39. The summed E-state index contributed by atoms with van der Waals surface area (Å²) in [7, 11) is 0. The highest BCUT2D eigenvalue weighted by molar-refractivity contribution is 9.10. The molecule has 0 aliphatic heterocycles. The molecule has 0 N–H and O–H groups in total. The smallest absolute Gasteiger partial charge is 0.227 e. The van der Waals surface area contributed by atoms with E-state index >= 15 is 0 Å². The molecule has 0 atom stereocenters. The lowest BCUT2D eigenvalue weighted by Gasteiger charge is -2.03. The minimum atomic E-state index is 0.647. The van der Waals surface area contributed by atoms with Crippen molar-refractivity contribution in [2.24, 2.45) is 0 Å². The molecule has 0 radical (unpaired) electrons. The largest absolute Gasteiger partial charge is 0.436 e. The van der Waals surface area contributed by atoms with Gasteiger partial charge >= 0.3 is 0 Å². The molecule has 4 aromatic rings. The highest BCUT2D eigenvalue weighted by Gasteiger charge is 2.12. The Morgan fingerprint density at radius 2 is 1.78 bits per heavy atom. The third kappa shape index (κ3) is 2.49. The summed E-state index contributed by atoms with van der Waals surface area (Å²) in [5.41, 5.74) is 6.05. The van der Waals surface area contributed by atoms with Crippen LogP contribution in [0, 0.1) is 13.8 Å². The molecule has 4 heteroatoms. The number of rotatable bonds is 2. The second-order valence-corrected chi connectivity index (χ2v) is 6.54. The van der Waals surface area contributed by atoms with E-state index in [-0.39, 0.29) is 0 Å². The molecule has 0 amide bonds. The van der Waals surface area contributed by atoms with Crippen molar-refractivity contribution in [3.63, 3.8) is 0 Å². The number of hydrogen-bond donors (Lipinski definition) is 0. The van der Waals surface area contributed by atoms with Gasteiger partial charge in [-0.1, -0.05) is 22.0 Å². The fraction of sp³-hybridized carbons (Fsp3) is 0.105. The lowest BCUT2D eigenvalue weighted by molar-refractivity contribution is 0.617. The predicted octanol–water partition coefficient (Wildman–Crippen LogP) is 5.66. The number of oxazole rings is 1. The van der Waals surface area contributed by atoms with Gasteiger partial charge in [0.15, 0.2) is 5.58 Å². The minimum absolute atomic E-state index is 0.647. The van der Waals surface area contributed by atoms with Crippen LogP contribution in [0.5, 0.6) is 0 Å². The van der Waals surface area contributed by atoms with Gasteiger partial charge in [-0.25, -0.2) is 4.98 Å². The van der Waals surface area contributed by atoms with Crippen LogP contribution in [0.2, 0.25) is 0 Å². The Kier molecular flexibility index (Phi) is 3.34. The summed E-state index contributed by atoms with van der Waals surface area (Å²) in [6.45, 7) is 4.11. The van der Waals surface area contributed by atoms with Crippen molar-refractivity contribution < 1.29 is 4.42 Å². The van der Waals surface area contributed by atoms with Crippen molar-refractivity contribution in [3.05, 3.63) is 70.5 Å². The maximum atomic E-state index is 6.01. The first-order valence-electron chi connectivity index (χ1n) is 7.43. The predicted molar refractivity (Wildman–Crippen MR) is 95.9 cm³/mol. The minimum Gasteiger partial charge on any atom is -0.436 e. The van der Waals surface area contributed by atoms with Crippen molar-refractivity contribution in [2.45, 2.75) is 13.8 Å². The van der Waals surface area contributed by atoms with Crippen molar-refractivity contribution in [1.82, 2.24) is 9.55 Å². The van der Waals surface area contributed by atoms with Gasteiger partial charge in [-0.15, -0.1) is 0 Å². The molecular weight excluding hydrogens is 352 g/mol. The van der Waals surface area contributed by atoms with Crippen molar-refractivity contribution >= 4 is 27.0 Å². The van der Waals surface area contributed by atoms with Gasteiger partial charge in [-0.3, -0.25) is 0 Å². The van der Waals surface area contributed by atoms with E-state index in [9.17, 15) is 0 Å². The first-order chi connectivity index (χ1) is 11.1. The Balaban J connectivity index is 1.87. The molecule has 0 aliphatic rings. The molecule has 0 fully saturated rings. The molecule has 0 saturated carbocycles. The average molecular weight is 367 g/mol. The molecular formula is C19H15BrN2O. The van der Waals surface area contributed by atoms with E-state index in [2.05, 4.69) is 57.5 Å². The molecule has 2 heterocycles. The van der Waals surface area contributed by atoms with Gasteiger partial charge in [0.1, 0.15) is 5.52 Å². The van der Waals surface area contributed by atoms with Crippen LogP contribution in [0.1, 0.15) is 11.1 Å². The van der Waals surface area contributed by atoms with Gasteiger partial charge in [0.25, 0.3) is 0 Å². The number of aromatic nitrogens is 2. The molecule has 2 aromatic heterocycles. The third-order valence-electron chi connectivity index (χ3n) is 3.98. The number of fused-ring (bicyclic) bond motifs is 1. The Morgan fingerprint density at radius 3 is 2.52 bits per heavy atom. The molecule has 114 valence electrons. The van der Waals surface area contributed by atoms with Crippen LogP contribution in [0.25, 0.3) is 28.2 Å². The van der Waals surface area contributed by atoms with Crippen LogP contribution in [0.3, 0.4) is 0 Å². The normalized spacial score (nSPS) is 11.3. The fourth-order valence-electron chi connectivity index (χ4n) is 2.69. The summed E-state index contributed by atoms with van der Waals surface area (Å²) in [6.07, 6.45) is 4.05. The van der Waals surface area contributed by atoms with Crippen molar-refractivity contribution in [2.75, 3.05) is 0 Å². The average Bonchev–Trinajstić information content (AvgIpc) is 3.18. The molecule has 0 unspecified atom stereocenters. The summed E-state index contributed by atoms with van der Waals surface area (Å²) in [6, 6.07) is 14.3. The summed E-state index contributed by atoms with van der Waals surface area (Å²) >= 11 is 3.57. The summed E-state index contributed by atoms with van der Waals surface area (Å²) in [5, 5.41) is 0. The first-order valence-corrected chi connectivity index (χ1v) is 8.22. The van der Waals surface area contributed by atoms with E-state index < -0.39 is 0 Å². The maximum Gasteiger partial charge on any atom is 0.227 e. The number of hydrogen-bond acceptors (Lipinski definition) is 2. The van der Waals surface area contributed by atoms with Gasteiger partial charge in [0, 0.05) is 28.1 Å². The van der Waals surface area contributed by atoms with E-state index in [4.69, 9.17) is 4.42 Å². The fourth-order valence-corrected chi connectivity index (χ4v) is 3.07. The molecule has 0 spiro atoms. The zero-order chi connectivity index (χ0) is 16.0. The lowest BCUT2D eigenvalue weighted by atomic mass is 10.1. The van der Waals surface area contributed by atoms with Gasteiger partial charge in [-0.05, 0) is 61.4 Å². The Labute approximate surface area is 142 Å². The molecule has 2 aromatic carbocycles. The molecule has 0 bridgehead atoms. The molecule has 4 rings (SSSR count). The third-order valence-corrected chi connectivity index (χ3v) is 4.84. The highest BCUT2D eigenvalue weighted by Crippen LogP contribution is 2.30. The monoisotopic (exact) mass is 366 g/mol. The molecule has 0 aliphatic carbocycles. The van der Waals surface area contributed by atoms with E-state index in [0.29, 0.717) is 5.89 Å². The second-order valence-electron chi connectivity index (χ2n) is 5.68. The lowest BCUT2D eigenvalue weighted by Crippen LogP contribution is -1.90. The number of halogens is 1. The van der Waals surface area contributed by atoms with E-state index in [0.717, 1.165) is 32.4 Å². The Morgan fingerprint density at radius 1 is 1.00 bits per heavy atom. The maximum absolute atomic E-state index is 6.01. The first kappa shape index (κ1) is 14.3. The summed E-state index contributed by atoms with van der Waals surface area (Å²) in [5.74, 6) is 0.647. The quantitative estimate of drug-likeness (QED) is 0.457. The summed E-state index contributed by atoms with van der Waals surface area (Å²) < 4.78 is 9.14. The Hall–Kier alpha value is -2.33. The van der Waals surface area contributed by atoms with Gasteiger partial charge in [0.2, 0.25) is 5.89 Å². The number of aryl methyl sites for hydroxylation is 2. The zero-order valence-corrected chi connectivity index (χ0v) is 14.5. The standard InChI is InChI=1S/C19H15BrN2O/c1-12-5-6-14(10-16(12)20)19-21-17-11-15(22-7-3-4-8-22)9-13(2)18(17)23-19/h3-11H,1-2H3. The van der Waals surface area contributed by atoms with Crippen LogP contribution < -0.4 is 0 Å². The van der Waals surface area contributed by atoms with Crippen LogP contribution in [0.4, 0.5) is 0 Å². The number of nitrogens with zero attached hydrogens (tertiary/aromatic N) is 2. The van der Waals surface area contributed by atoms with Crippen molar-refractivity contribution in [1.29, 1.82) is 0 Å². The SMILES string of the molecule is Cc1ccc(-c2nc3cc(-n4cccc4)cc(C)c3o2)cc1Br. The molecule has 0 saturated heterocycles. The number of benzene rings is 2. The molecule has 23 heavy (non-hydrogen) atoms. The Bertz CT molecular complexity index is 1000. The van der Waals surface area contributed by atoms with E-state index in [1.54, 1.807) is 0 Å². The zero-order valence-electron chi connectivity index (χ0n) is 12.9. The van der Waals surface area contributed by atoms with E-state index in [1.807, 2.05) is 36.7 Å². The van der Waals surface area contributed by atoms with Crippen LogP contribution in [0.15, 0.2) is 63.7 Å².